The van der Waals surface area contributed by atoms with E-state index in [0.29, 0.717) is 10.4 Å². The lowest BCUT2D eigenvalue weighted by atomic mass is 10.1. The molecular weight excluding hydrogens is 274 g/mol. The molecule has 1 aromatic carbocycles. The van der Waals surface area contributed by atoms with Crippen molar-refractivity contribution in [3.63, 3.8) is 0 Å². The number of nitrogens with one attached hydrogen (secondary N) is 1. The van der Waals surface area contributed by atoms with Gasteiger partial charge in [-0.3, -0.25) is 9.59 Å². The highest BCUT2D eigenvalue weighted by Crippen LogP contribution is 2.28. The molecule has 1 heterocycles. The number of carbonyl (C=O) groups excluding carboxylic acids is 2. The third kappa shape index (κ3) is 3.31. The fourth-order valence-electron chi connectivity index (χ4n) is 1.76. The first-order chi connectivity index (χ1) is 9.61. The van der Waals surface area contributed by atoms with Crippen LogP contribution in [-0.2, 0) is 0 Å². The zero-order chi connectivity index (χ0) is 14.5. The monoisotopic (exact) mass is 289 g/mol. The average Bonchev–Trinajstić information content (AvgIpc) is 2.94. The molecule has 0 atom stereocenters. The zero-order valence-electron chi connectivity index (χ0n) is 11.1. The summed E-state index contributed by atoms with van der Waals surface area (Å²) in [5, 5.41) is 11.3. The van der Waals surface area contributed by atoms with E-state index >= 15 is 0 Å². The zero-order valence-corrected chi connectivity index (χ0v) is 11.9. The van der Waals surface area contributed by atoms with Gasteiger partial charge < -0.3 is 10.4 Å². The van der Waals surface area contributed by atoms with Crippen molar-refractivity contribution in [1.82, 2.24) is 5.32 Å². The molecule has 0 saturated heterocycles. The number of hydrogen-bond donors (Lipinski definition) is 2. The Morgan fingerprint density at radius 2 is 2.05 bits per heavy atom. The van der Waals surface area contributed by atoms with Gasteiger partial charge in [-0.1, -0.05) is 18.2 Å². The molecule has 5 heteroatoms. The van der Waals surface area contributed by atoms with Gasteiger partial charge in [0.25, 0.3) is 5.91 Å². The predicted molar refractivity (Wildman–Crippen MR) is 79.2 cm³/mol. The summed E-state index contributed by atoms with van der Waals surface area (Å²) in [6.45, 7) is 1.69. The molecule has 20 heavy (non-hydrogen) atoms. The molecule has 0 aliphatic heterocycles. The van der Waals surface area contributed by atoms with E-state index in [1.54, 1.807) is 12.1 Å². The summed E-state index contributed by atoms with van der Waals surface area (Å²) >= 11 is 1.36. The van der Waals surface area contributed by atoms with Crippen molar-refractivity contribution in [2.24, 2.45) is 0 Å². The van der Waals surface area contributed by atoms with E-state index < -0.39 is 0 Å². The first kappa shape index (κ1) is 14.4. The lowest BCUT2D eigenvalue weighted by Crippen LogP contribution is -2.25. The predicted octanol–water partition coefficient (Wildman–Crippen LogP) is 2.34. The molecule has 1 amide bonds. The minimum absolute atomic E-state index is 0.0179. The minimum atomic E-state index is -0.196. The van der Waals surface area contributed by atoms with E-state index in [9.17, 15) is 9.59 Å². The van der Waals surface area contributed by atoms with Gasteiger partial charge in [0.05, 0.1) is 11.5 Å². The first-order valence-electron chi connectivity index (χ1n) is 6.22. The maximum Gasteiger partial charge on any atom is 0.261 e. The Labute approximate surface area is 121 Å². The van der Waals surface area contributed by atoms with Gasteiger partial charge in [0.15, 0.2) is 5.78 Å². The van der Waals surface area contributed by atoms with Crippen molar-refractivity contribution < 1.29 is 14.7 Å². The molecule has 2 rings (SSSR count). The van der Waals surface area contributed by atoms with Crippen molar-refractivity contribution in [3.8, 4) is 10.4 Å². The van der Waals surface area contributed by atoms with Crippen LogP contribution in [0, 0.1) is 0 Å². The summed E-state index contributed by atoms with van der Waals surface area (Å²) in [6, 6.07) is 10.9. The summed E-state index contributed by atoms with van der Waals surface area (Å²) in [5.41, 5.74) is 1.58. The Morgan fingerprint density at radius 1 is 1.25 bits per heavy atom. The Hall–Kier alpha value is -1.98. The van der Waals surface area contributed by atoms with Crippen LogP contribution < -0.4 is 5.32 Å². The van der Waals surface area contributed by atoms with Crippen molar-refractivity contribution in [2.45, 2.75) is 6.92 Å². The van der Waals surface area contributed by atoms with E-state index in [0.717, 1.165) is 10.4 Å². The van der Waals surface area contributed by atoms with Gasteiger partial charge >= 0.3 is 0 Å². The molecule has 0 fully saturated rings. The number of ketones is 1. The van der Waals surface area contributed by atoms with Crippen LogP contribution >= 0.6 is 11.3 Å². The van der Waals surface area contributed by atoms with Crippen LogP contribution in [0.1, 0.15) is 27.0 Å². The lowest BCUT2D eigenvalue weighted by molar-refractivity contribution is 0.0948. The number of benzene rings is 1. The van der Waals surface area contributed by atoms with Crippen molar-refractivity contribution >= 4 is 23.0 Å². The highest BCUT2D eigenvalue weighted by Gasteiger charge is 2.10. The number of aliphatic hydroxyl groups is 1. The number of aliphatic hydroxyl groups excluding tert-OH is 1. The number of rotatable bonds is 5. The van der Waals surface area contributed by atoms with E-state index in [-0.39, 0.29) is 24.8 Å². The molecule has 4 nitrogen and oxygen atoms in total. The topological polar surface area (TPSA) is 66.4 Å². The largest absolute Gasteiger partial charge is 0.395 e. The first-order valence-corrected chi connectivity index (χ1v) is 7.03. The number of hydrogen-bond acceptors (Lipinski definition) is 4. The second-order valence-corrected chi connectivity index (χ2v) is 5.36. The molecule has 0 bridgehead atoms. The van der Waals surface area contributed by atoms with Gasteiger partial charge in [-0.05, 0) is 30.7 Å². The second kappa shape index (κ2) is 6.45. The molecule has 0 unspecified atom stereocenters. The van der Waals surface area contributed by atoms with E-state index in [4.69, 9.17) is 5.11 Å². The molecule has 0 saturated carbocycles. The number of carbonyl (C=O) groups is 2. The normalized spacial score (nSPS) is 10.3. The summed E-state index contributed by atoms with van der Waals surface area (Å²) < 4.78 is 0. The van der Waals surface area contributed by atoms with Crippen LogP contribution in [0.2, 0.25) is 0 Å². The number of thiophene rings is 1. The number of Topliss-reactive ketones (excluding diaryl/α,β-unsaturated/α-hetero) is 1. The van der Waals surface area contributed by atoms with Crippen molar-refractivity contribution in [1.29, 1.82) is 0 Å². The fourth-order valence-corrected chi connectivity index (χ4v) is 2.68. The highest BCUT2D eigenvalue weighted by molar-refractivity contribution is 7.17. The van der Waals surface area contributed by atoms with Crippen molar-refractivity contribution in [2.75, 3.05) is 13.2 Å². The molecule has 104 valence electrons. The molecule has 2 aromatic rings. The van der Waals surface area contributed by atoms with Crippen LogP contribution in [0.4, 0.5) is 0 Å². The summed E-state index contributed by atoms with van der Waals surface area (Å²) in [4.78, 5) is 24.7. The van der Waals surface area contributed by atoms with Gasteiger partial charge in [0.1, 0.15) is 0 Å². The minimum Gasteiger partial charge on any atom is -0.395 e. The van der Waals surface area contributed by atoms with Crippen LogP contribution in [0.5, 0.6) is 0 Å². The SMILES string of the molecule is CC(=O)c1cccc(-c2ccc(C(=O)NCCO)s2)c1. The number of amides is 1. The summed E-state index contributed by atoms with van der Waals surface area (Å²) in [6.07, 6.45) is 0. The molecule has 0 radical (unpaired) electrons. The van der Waals surface area contributed by atoms with Gasteiger partial charge in [0, 0.05) is 17.0 Å². The summed E-state index contributed by atoms with van der Waals surface area (Å²) in [7, 11) is 0. The molecule has 2 N–H and O–H groups in total. The average molecular weight is 289 g/mol. The standard InChI is InChI=1S/C15H15NO3S/c1-10(18)11-3-2-4-12(9-11)13-5-6-14(20-13)15(19)16-7-8-17/h2-6,9,17H,7-8H2,1H3,(H,16,19). The molecular formula is C15H15NO3S. The van der Waals surface area contributed by atoms with Crippen molar-refractivity contribution in [3.05, 3.63) is 46.8 Å². The molecule has 0 aliphatic rings. The van der Waals surface area contributed by atoms with Crippen LogP contribution in [-0.4, -0.2) is 29.9 Å². The van der Waals surface area contributed by atoms with Crippen LogP contribution in [0.25, 0.3) is 10.4 Å². The Kier molecular flexibility index (Phi) is 4.65. The maximum absolute atomic E-state index is 11.8. The van der Waals surface area contributed by atoms with E-state index in [1.807, 2.05) is 24.3 Å². The second-order valence-electron chi connectivity index (χ2n) is 4.28. The quantitative estimate of drug-likeness (QED) is 0.830. The van der Waals surface area contributed by atoms with Gasteiger partial charge in [0.2, 0.25) is 0 Å². The summed E-state index contributed by atoms with van der Waals surface area (Å²) in [5.74, 6) is -0.178. The van der Waals surface area contributed by atoms with Gasteiger partial charge in [-0.25, -0.2) is 0 Å². The van der Waals surface area contributed by atoms with Gasteiger partial charge in [-0.15, -0.1) is 11.3 Å². The molecule has 0 spiro atoms. The molecule has 1 aromatic heterocycles. The highest BCUT2D eigenvalue weighted by atomic mass is 32.1. The lowest BCUT2D eigenvalue weighted by Gasteiger charge is -2.01. The third-order valence-corrected chi connectivity index (χ3v) is 3.91. The third-order valence-electron chi connectivity index (χ3n) is 2.78. The fraction of sp³-hybridized carbons (Fsp3) is 0.200. The van der Waals surface area contributed by atoms with Crippen LogP contribution in [0.3, 0.4) is 0 Å². The molecule has 0 aliphatic carbocycles. The van der Waals surface area contributed by atoms with E-state index in [2.05, 4.69) is 5.32 Å². The van der Waals surface area contributed by atoms with Crippen LogP contribution in [0.15, 0.2) is 36.4 Å². The smallest absolute Gasteiger partial charge is 0.261 e. The maximum atomic E-state index is 11.8. The Morgan fingerprint density at radius 3 is 2.75 bits per heavy atom. The Balaban J connectivity index is 2.22. The Bertz CT molecular complexity index is 634. The van der Waals surface area contributed by atoms with Gasteiger partial charge in [-0.2, -0.15) is 0 Å². The van der Waals surface area contributed by atoms with E-state index in [1.165, 1.54) is 18.3 Å².